The highest BCUT2D eigenvalue weighted by Gasteiger charge is 2.18. The van der Waals surface area contributed by atoms with Crippen LogP contribution in [0.25, 0.3) is 0 Å². The molecule has 1 aromatic rings. The third-order valence-electron chi connectivity index (χ3n) is 3.45. The summed E-state index contributed by atoms with van der Waals surface area (Å²) < 4.78 is 14.5. The Kier molecular flexibility index (Phi) is 4.54. The molecule has 1 heterocycles. The number of hydrogen-bond donors (Lipinski definition) is 1. The number of nitrogens with zero attached hydrogens (tertiary/aromatic N) is 1. The van der Waals surface area contributed by atoms with E-state index in [1.54, 1.807) is 0 Å². The van der Waals surface area contributed by atoms with E-state index in [2.05, 4.69) is 20.8 Å². The quantitative estimate of drug-likeness (QED) is 0.930. The molecule has 2 N–H and O–H groups in total. The van der Waals surface area contributed by atoms with E-state index < -0.39 is 0 Å². The lowest BCUT2D eigenvalue weighted by atomic mass is 9.97. The van der Waals surface area contributed by atoms with Crippen LogP contribution in [-0.4, -0.2) is 24.5 Å². The predicted molar refractivity (Wildman–Crippen MR) is 71.2 cm³/mol. The maximum absolute atomic E-state index is 13.7. The summed E-state index contributed by atoms with van der Waals surface area (Å²) in [6, 6.07) is 5.28. The van der Waals surface area contributed by atoms with Gasteiger partial charge in [0.05, 0.1) is 0 Å². The molecule has 0 unspecified atom stereocenters. The van der Waals surface area contributed by atoms with Crippen LogP contribution in [0.2, 0.25) is 0 Å². The number of piperidine rings is 1. The maximum atomic E-state index is 13.7. The molecule has 1 fully saturated rings. The third-order valence-corrected chi connectivity index (χ3v) is 3.94. The molecular formula is C13H18BrFN2. The topological polar surface area (TPSA) is 29.3 Å². The van der Waals surface area contributed by atoms with Crippen LogP contribution in [0.3, 0.4) is 0 Å². The lowest BCUT2D eigenvalue weighted by molar-refractivity contribution is 0.178. The second-order valence-electron chi connectivity index (χ2n) is 4.69. The van der Waals surface area contributed by atoms with Crippen molar-refractivity contribution in [1.29, 1.82) is 0 Å². The molecule has 0 aromatic heterocycles. The minimum absolute atomic E-state index is 0.125. The molecule has 2 rings (SSSR count). The number of hydrogen-bond acceptors (Lipinski definition) is 2. The van der Waals surface area contributed by atoms with Gasteiger partial charge in [-0.2, -0.15) is 0 Å². The maximum Gasteiger partial charge on any atom is 0.128 e. The molecule has 0 radical (unpaired) electrons. The van der Waals surface area contributed by atoms with Crippen molar-refractivity contribution in [1.82, 2.24) is 4.90 Å². The van der Waals surface area contributed by atoms with Crippen molar-refractivity contribution in [2.45, 2.75) is 19.4 Å². The average molecular weight is 301 g/mol. The molecular weight excluding hydrogens is 283 g/mol. The molecule has 0 atom stereocenters. The summed E-state index contributed by atoms with van der Waals surface area (Å²) in [5.41, 5.74) is 6.44. The van der Waals surface area contributed by atoms with Gasteiger partial charge in [0, 0.05) is 16.6 Å². The molecule has 0 amide bonds. The van der Waals surface area contributed by atoms with Crippen molar-refractivity contribution in [2.75, 3.05) is 19.6 Å². The van der Waals surface area contributed by atoms with Crippen LogP contribution in [0, 0.1) is 11.7 Å². The zero-order chi connectivity index (χ0) is 12.3. The van der Waals surface area contributed by atoms with Crippen molar-refractivity contribution in [2.24, 2.45) is 11.7 Å². The summed E-state index contributed by atoms with van der Waals surface area (Å²) in [5, 5.41) is 0. The fraction of sp³-hybridized carbons (Fsp3) is 0.538. The third kappa shape index (κ3) is 3.50. The Morgan fingerprint density at radius 2 is 2.06 bits per heavy atom. The number of rotatable bonds is 3. The van der Waals surface area contributed by atoms with Crippen LogP contribution >= 0.6 is 15.9 Å². The molecule has 0 spiro atoms. The van der Waals surface area contributed by atoms with Crippen LogP contribution in [0.15, 0.2) is 22.7 Å². The predicted octanol–water partition coefficient (Wildman–Crippen LogP) is 2.76. The van der Waals surface area contributed by atoms with Gasteiger partial charge in [0.2, 0.25) is 0 Å². The van der Waals surface area contributed by atoms with E-state index in [4.69, 9.17) is 5.73 Å². The van der Waals surface area contributed by atoms with Crippen molar-refractivity contribution < 1.29 is 4.39 Å². The summed E-state index contributed by atoms with van der Waals surface area (Å²) in [6.45, 7) is 3.53. The normalized spacial score (nSPS) is 18.5. The highest BCUT2D eigenvalue weighted by Crippen LogP contribution is 2.20. The Bertz CT molecular complexity index is 376. The lowest BCUT2D eigenvalue weighted by Gasteiger charge is -2.31. The van der Waals surface area contributed by atoms with Crippen molar-refractivity contribution >= 4 is 15.9 Å². The van der Waals surface area contributed by atoms with Gasteiger partial charge in [-0.3, -0.25) is 4.90 Å². The zero-order valence-electron chi connectivity index (χ0n) is 9.83. The number of halogens is 2. The summed E-state index contributed by atoms with van der Waals surface area (Å²) >= 11 is 3.27. The fourth-order valence-electron chi connectivity index (χ4n) is 2.27. The number of benzene rings is 1. The molecule has 4 heteroatoms. The van der Waals surface area contributed by atoms with Crippen LogP contribution in [0.5, 0.6) is 0 Å². The zero-order valence-corrected chi connectivity index (χ0v) is 11.4. The monoisotopic (exact) mass is 300 g/mol. The van der Waals surface area contributed by atoms with E-state index in [1.807, 2.05) is 12.1 Å². The first-order valence-electron chi connectivity index (χ1n) is 6.05. The molecule has 1 saturated heterocycles. The van der Waals surface area contributed by atoms with Gasteiger partial charge in [-0.25, -0.2) is 4.39 Å². The van der Waals surface area contributed by atoms with E-state index in [0.29, 0.717) is 12.5 Å². The van der Waals surface area contributed by atoms with E-state index in [9.17, 15) is 4.39 Å². The molecule has 0 aliphatic carbocycles. The van der Waals surface area contributed by atoms with E-state index in [1.165, 1.54) is 6.07 Å². The minimum Gasteiger partial charge on any atom is -0.330 e. The fourth-order valence-corrected chi connectivity index (χ4v) is 2.60. The summed E-state index contributed by atoms with van der Waals surface area (Å²) in [4.78, 5) is 2.30. The van der Waals surface area contributed by atoms with Crippen molar-refractivity contribution in [3.63, 3.8) is 0 Å². The first-order valence-corrected chi connectivity index (χ1v) is 6.84. The molecule has 0 saturated carbocycles. The van der Waals surface area contributed by atoms with Crippen LogP contribution < -0.4 is 5.73 Å². The van der Waals surface area contributed by atoms with Gasteiger partial charge in [0.15, 0.2) is 0 Å². The van der Waals surface area contributed by atoms with Gasteiger partial charge in [-0.05, 0) is 50.5 Å². The highest BCUT2D eigenvalue weighted by atomic mass is 79.9. The van der Waals surface area contributed by atoms with Crippen molar-refractivity contribution in [3.05, 3.63) is 34.1 Å². The lowest BCUT2D eigenvalue weighted by Crippen LogP contribution is -2.35. The SMILES string of the molecule is NCC1CCN(Cc2ccc(Br)cc2F)CC1. The second kappa shape index (κ2) is 5.94. The number of nitrogens with two attached hydrogens (primary N) is 1. The van der Waals surface area contributed by atoms with E-state index in [-0.39, 0.29) is 5.82 Å². The Balaban J connectivity index is 1.93. The van der Waals surface area contributed by atoms with Crippen molar-refractivity contribution in [3.8, 4) is 0 Å². The Hall–Kier alpha value is -0.450. The van der Waals surface area contributed by atoms with Crippen LogP contribution in [-0.2, 0) is 6.54 Å². The molecule has 0 bridgehead atoms. The first-order chi connectivity index (χ1) is 8.19. The Labute approximate surface area is 110 Å². The van der Waals surface area contributed by atoms with Crippen LogP contribution in [0.4, 0.5) is 4.39 Å². The van der Waals surface area contributed by atoms with Crippen LogP contribution in [0.1, 0.15) is 18.4 Å². The molecule has 94 valence electrons. The van der Waals surface area contributed by atoms with Gasteiger partial charge >= 0.3 is 0 Å². The molecule has 1 aliphatic rings. The molecule has 17 heavy (non-hydrogen) atoms. The Morgan fingerprint density at radius 1 is 1.35 bits per heavy atom. The molecule has 2 nitrogen and oxygen atoms in total. The average Bonchev–Trinajstić information content (AvgIpc) is 2.34. The summed E-state index contributed by atoms with van der Waals surface area (Å²) in [5.74, 6) is 0.529. The van der Waals surface area contributed by atoms with Gasteiger partial charge in [-0.15, -0.1) is 0 Å². The highest BCUT2D eigenvalue weighted by molar-refractivity contribution is 9.10. The largest absolute Gasteiger partial charge is 0.330 e. The smallest absolute Gasteiger partial charge is 0.128 e. The summed E-state index contributed by atoms with van der Waals surface area (Å²) in [7, 11) is 0. The Morgan fingerprint density at radius 3 is 2.65 bits per heavy atom. The van der Waals surface area contributed by atoms with E-state index >= 15 is 0 Å². The van der Waals surface area contributed by atoms with Gasteiger partial charge in [-0.1, -0.05) is 22.0 Å². The molecule has 1 aromatic carbocycles. The van der Waals surface area contributed by atoms with Gasteiger partial charge < -0.3 is 5.73 Å². The minimum atomic E-state index is -0.125. The second-order valence-corrected chi connectivity index (χ2v) is 5.61. The van der Waals surface area contributed by atoms with E-state index in [0.717, 1.165) is 42.5 Å². The van der Waals surface area contributed by atoms with Gasteiger partial charge in [0.25, 0.3) is 0 Å². The summed E-state index contributed by atoms with van der Waals surface area (Å²) in [6.07, 6.45) is 2.27. The standard InChI is InChI=1S/C13H18BrFN2/c14-12-2-1-11(13(15)7-12)9-17-5-3-10(8-16)4-6-17/h1-2,7,10H,3-6,8-9,16H2. The van der Waals surface area contributed by atoms with Gasteiger partial charge in [0.1, 0.15) is 5.82 Å². The first kappa shape index (κ1) is 13.0. The number of likely N-dealkylation sites (tertiary alicyclic amines) is 1. The molecule has 1 aliphatic heterocycles.